The van der Waals surface area contributed by atoms with Crippen molar-refractivity contribution in [3.63, 3.8) is 0 Å². The first-order chi connectivity index (χ1) is 9.10. The highest BCUT2D eigenvalue weighted by Crippen LogP contribution is 2.39. The number of rotatable bonds is 5. The molecule has 1 atom stereocenters. The molecule has 0 spiro atoms. The lowest BCUT2D eigenvalue weighted by molar-refractivity contribution is -0.133. The van der Waals surface area contributed by atoms with Crippen LogP contribution in [-0.4, -0.2) is 12.4 Å². The topological polar surface area (TPSA) is 26.3 Å². The third-order valence-electron chi connectivity index (χ3n) is 4.42. The molecule has 0 heterocycles. The molecule has 0 N–H and O–H groups in total. The van der Waals surface area contributed by atoms with Gasteiger partial charge in [-0.3, -0.25) is 4.79 Å². The Morgan fingerprint density at radius 1 is 1.26 bits per heavy atom. The van der Waals surface area contributed by atoms with E-state index in [1.165, 1.54) is 5.56 Å². The van der Waals surface area contributed by atoms with E-state index in [1.807, 2.05) is 18.2 Å². The van der Waals surface area contributed by atoms with Crippen LogP contribution in [0.3, 0.4) is 0 Å². The molecule has 2 rings (SSSR count). The zero-order chi connectivity index (χ0) is 13.7. The van der Waals surface area contributed by atoms with E-state index in [9.17, 15) is 4.79 Å². The predicted molar refractivity (Wildman–Crippen MR) is 76.8 cm³/mol. The van der Waals surface area contributed by atoms with Crippen molar-refractivity contribution in [2.75, 3.05) is 6.61 Å². The smallest absolute Gasteiger partial charge is 0.138 e. The van der Waals surface area contributed by atoms with Crippen molar-refractivity contribution >= 4 is 5.78 Å². The first-order valence-electron chi connectivity index (χ1n) is 7.25. The third-order valence-corrected chi connectivity index (χ3v) is 4.42. The van der Waals surface area contributed by atoms with Gasteiger partial charge in [-0.05, 0) is 30.7 Å². The number of hydrogen-bond acceptors (Lipinski definition) is 2. The normalized spacial score (nSPS) is 22.4. The van der Waals surface area contributed by atoms with Gasteiger partial charge in [0, 0.05) is 18.4 Å². The van der Waals surface area contributed by atoms with E-state index < -0.39 is 0 Å². The Labute approximate surface area is 116 Å². The van der Waals surface area contributed by atoms with Crippen LogP contribution in [0.4, 0.5) is 0 Å². The Balaban J connectivity index is 1.75. The highest BCUT2D eigenvalue weighted by molar-refractivity contribution is 5.85. The summed E-state index contributed by atoms with van der Waals surface area (Å²) in [5.74, 6) is 0.899. The van der Waals surface area contributed by atoms with Crippen LogP contribution >= 0.6 is 0 Å². The molecule has 0 radical (unpaired) electrons. The first-order valence-corrected chi connectivity index (χ1v) is 7.25. The van der Waals surface area contributed by atoms with E-state index >= 15 is 0 Å². The lowest BCUT2D eigenvalue weighted by Gasteiger charge is -2.37. The van der Waals surface area contributed by atoms with Gasteiger partial charge >= 0.3 is 0 Å². The van der Waals surface area contributed by atoms with Gasteiger partial charge in [-0.25, -0.2) is 0 Å². The number of ketones is 1. The molecule has 19 heavy (non-hydrogen) atoms. The molecule has 1 fully saturated rings. The Hall–Kier alpha value is -1.15. The maximum absolute atomic E-state index is 11.9. The molecular weight excluding hydrogens is 236 g/mol. The van der Waals surface area contributed by atoms with E-state index in [0.29, 0.717) is 18.3 Å². The maximum atomic E-state index is 11.9. The second kappa shape index (κ2) is 6.33. The fourth-order valence-corrected chi connectivity index (χ4v) is 2.91. The molecule has 0 saturated heterocycles. The minimum absolute atomic E-state index is 0.158. The monoisotopic (exact) mass is 260 g/mol. The molecule has 1 aromatic rings. The minimum atomic E-state index is -0.158. The summed E-state index contributed by atoms with van der Waals surface area (Å²) >= 11 is 0. The Morgan fingerprint density at radius 2 is 2.00 bits per heavy atom. The van der Waals surface area contributed by atoms with Crippen LogP contribution in [0.25, 0.3) is 0 Å². The highest BCUT2D eigenvalue weighted by Gasteiger charge is 2.38. The van der Waals surface area contributed by atoms with Gasteiger partial charge in [0.2, 0.25) is 0 Å². The maximum Gasteiger partial charge on any atom is 0.138 e. The van der Waals surface area contributed by atoms with E-state index in [1.54, 1.807) is 0 Å². The van der Waals surface area contributed by atoms with Gasteiger partial charge in [-0.2, -0.15) is 0 Å². The Morgan fingerprint density at radius 3 is 2.74 bits per heavy atom. The quantitative estimate of drug-likeness (QED) is 0.748. The van der Waals surface area contributed by atoms with E-state index in [0.717, 1.165) is 32.3 Å². The Kier molecular flexibility index (Phi) is 4.76. The lowest BCUT2D eigenvalue weighted by Crippen LogP contribution is -2.37. The number of ether oxygens (including phenoxy) is 1. The molecule has 1 aliphatic carbocycles. The molecule has 1 aliphatic rings. The van der Waals surface area contributed by atoms with Gasteiger partial charge in [-0.15, -0.1) is 0 Å². The highest BCUT2D eigenvalue weighted by atomic mass is 16.5. The van der Waals surface area contributed by atoms with Gasteiger partial charge in [-0.1, -0.05) is 44.2 Å². The average Bonchev–Trinajstić information content (AvgIpc) is 2.41. The van der Waals surface area contributed by atoms with Gasteiger partial charge in [0.25, 0.3) is 0 Å². The third kappa shape index (κ3) is 3.66. The summed E-state index contributed by atoms with van der Waals surface area (Å²) in [6.07, 6.45) is 3.96. The summed E-state index contributed by atoms with van der Waals surface area (Å²) in [6.45, 7) is 5.60. The number of benzene rings is 1. The summed E-state index contributed by atoms with van der Waals surface area (Å²) in [5.41, 5.74) is 1.05. The second-order valence-electron chi connectivity index (χ2n) is 6.06. The van der Waals surface area contributed by atoms with Crippen molar-refractivity contribution in [2.45, 2.75) is 46.1 Å². The van der Waals surface area contributed by atoms with Crippen molar-refractivity contribution in [1.29, 1.82) is 0 Å². The van der Waals surface area contributed by atoms with Crippen molar-refractivity contribution < 1.29 is 9.53 Å². The van der Waals surface area contributed by atoms with Crippen LogP contribution in [0.5, 0.6) is 0 Å². The molecule has 0 aromatic heterocycles. The van der Waals surface area contributed by atoms with Crippen molar-refractivity contribution in [3.05, 3.63) is 35.9 Å². The minimum Gasteiger partial charge on any atom is -0.377 e. The zero-order valence-electron chi connectivity index (χ0n) is 12.0. The van der Waals surface area contributed by atoms with Gasteiger partial charge in [0.15, 0.2) is 0 Å². The largest absolute Gasteiger partial charge is 0.377 e. The molecule has 104 valence electrons. The lowest BCUT2D eigenvalue weighted by atomic mass is 9.67. The fourth-order valence-electron chi connectivity index (χ4n) is 2.91. The molecule has 0 amide bonds. The standard InChI is InChI=1S/C17H24O2/c1-17(2)15(9-6-10-16(17)18)11-12-19-13-14-7-4-3-5-8-14/h3-5,7-8,15H,6,9-13H2,1-2H3/t15-/m0/s1. The number of Topliss-reactive ketones (excluding diaryl/α,β-unsaturated/α-hetero) is 1. The fraction of sp³-hybridized carbons (Fsp3) is 0.588. The second-order valence-corrected chi connectivity index (χ2v) is 6.06. The molecular formula is C17H24O2. The van der Waals surface area contributed by atoms with Crippen LogP contribution in [0.15, 0.2) is 30.3 Å². The first kappa shape index (κ1) is 14.3. The van der Waals surface area contributed by atoms with Crippen molar-refractivity contribution in [2.24, 2.45) is 11.3 Å². The number of carbonyl (C=O) groups excluding carboxylic acids is 1. The summed E-state index contributed by atoms with van der Waals surface area (Å²) < 4.78 is 5.74. The van der Waals surface area contributed by atoms with Crippen molar-refractivity contribution in [3.8, 4) is 0 Å². The van der Waals surface area contributed by atoms with Crippen LogP contribution in [-0.2, 0) is 16.1 Å². The van der Waals surface area contributed by atoms with Crippen LogP contribution in [0, 0.1) is 11.3 Å². The number of carbonyl (C=O) groups is 1. The molecule has 1 aromatic carbocycles. The molecule has 2 nitrogen and oxygen atoms in total. The number of hydrogen-bond donors (Lipinski definition) is 0. The van der Waals surface area contributed by atoms with Gasteiger partial charge < -0.3 is 4.74 Å². The zero-order valence-corrected chi connectivity index (χ0v) is 12.0. The van der Waals surface area contributed by atoms with E-state index in [4.69, 9.17) is 4.74 Å². The van der Waals surface area contributed by atoms with Gasteiger partial charge in [0.1, 0.15) is 5.78 Å². The molecule has 0 unspecified atom stereocenters. The van der Waals surface area contributed by atoms with Crippen LogP contribution in [0.2, 0.25) is 0 Å². The van der Waals surface area contributed by atoms with Crippen molar-refractivity contribution in [1.82, 2.24) is 0 Å². The molecule has 0 bridgehead atoms. The van der Waals surface area contributed by atoms with Crippen LogP contribution < -0.4 is 0 Å². The van der Waals surface area contributed by atoms with E-state index in [-0.39, 0.29) is 5.41 Å². The molecule has 1 saturated carbocycles. The summed E-state index contributed by atoms with van der Waals surface area (Å²) in [5, 5.41) is 0. The summed E-state index contributed by atoms with van der Waals surface area (Å²) in [6, 6.07) is 10.2. The molecule has 0 aliphatic heterocycles. The summed E-state index contributed by atoms with van der Waals surface area (Å²) in [4.78, 5) is 11.9. The van der Waals surface area contributed by atoms with E-state index in [2.05, 4.69) is 26.0 Å². The van der Waals surface area contributed by atoms with Gasteiger partial charge in [0.05, 0.1) is 6.61 Å². The van der Waals surface area contributed by atoms with Crippen LogP contribution in [0.1, 0.15) is 45.1 Å². The average molecular weight is 260 g/mol. The summed E-state index contributed by atoms with van der Waals surface area (Å²) in [7, 11) is 0. The Bertz CT molecular complexity index is 409. The molecule has 2 heteroatoms. The SMILES string of the molecule is CC1(C)C(=O)CCC[C@H]1CCOCc1ccccc1. The predicted octanol–water partition coefficient (Wildman–Crippen LogP) is 3.99.